The number of nitriles is 1. The Labute approximate surface area is 134 Å². The molecule has 1 amide bonds. The third-order valence-electron chi connectivity index (χ3n) is 3.75. The predicted molar refractivity (Wildman–Crippen MR) is 82.9 cm³/mol. The molecule has 0 spiro atoms. The first-order valence-electron chi connectivity index (χ1n) is 7.42. The number of ether oxygens (including phenoxy) is 1. The monoisotopic (exact) mass is 308 g/mol. The van der Waals surface area contributed by atoms with E-state index in [1.54, 1.807) is 35.2 Å². The molecule has 116 valence electrons. The molecule has 1 aromatic heterocycles. The number of aromatic nitrogens is 2. The van der Waals surface area contributed by atoms with Crippen LogP contribution in [0.1, 0.15) is 28.0 Å². The molecule has 2 aromatic rings. The summed E-state index contributed by atoms with van der Waals surface area (Å²) in [5.74, 6) is 0.434. The van der Waals surface area contributed by atoms with Crippen molar-refractivity contribution in [2.24, 2.45) is 0 Å². The molecule has 1 unspecified atom stereocenters. The highest BCUT2D eigenvalue weighted by atomic mass is 16.5. The van der Waals surface area contributed by atoms with Crippen molar-refractivity contribution >= 4 is 5.91 Å². The highest BCUT2D eigenvalue weighted by molar-refractivity contribution is 5.94. The van der Waals surface area contributed by atoms with Crippen molar-refractivity contribution < 1.29 is 9.53 Å². The molecule has 0 saturated carbocycles. The minimum atomic E-state index is -0.0747. The standard InChI is InChI=1S/C17H16N4O2/c1-12-2-7-16(20-19-12)23-15-8-9-21(11-15)17(22)14-5-3-13(10-18)4-6-14/h2-7,15H,8-9,11H2,1H3. The second kappa shape index (κ2) is 6.44. The zero-order chi connectivity index (χ0) is 16.2. The molecule has 0 N–H and O–H groups in total. The van der Waals surface area contributed by atoms with Gasteiger partial charge in [-0.15, -0.1) is 5.10 Å². The molecular formula is C17H16N4O2. The van der Waals surface area contributed by atoms with Gasteiger partial charge >= 0.3 is 0 Å². The van der Waals surface area contributed by atoms with E-state index in [9.17, 15) is 4.79 Å². The molecule has 0 bridgehead atoms. The van der Waals surface area contributed by atoms with Crippen LogP contribution in [0.2, 0.25) is 0 Å². The molecule has 1 saturated heterocycles. The van der Waals surface area contributed by atoms with Gasteiger partial charge in [0.1, 0.15) is 6.10 Å². The summed E-state index contributed by atoms with van der Waals surface area (Å²) in [6.45, 7) is 3.03. The molecule has 6 heteroatoms. The van der Waals surface area contributed by atoms with E-state index < -0.39 is 0 Å². The smallest absolute Gasteiger partial charge is 0.253 e. The van der Waals surface area contributed by atoms with E-state index in [0.29, 0.717) is 30.1 Å². The van der Waals surface area contributed by atoms with Gasteiger partial charge in [0, 0.05) is 24.6 Å². The molecule has 1 aliphatic heterocycles. The van der Waals surface area contributed by atoms with Gasteiger partial charge in [-0.3, -0.25) is 4.79 Å². The summed E-state index contributed by atoms with van der Waals surface area (Å²) in [5, 5.41) is 16.7. The number of rotatable bonds is 3. The van der Waals surface area contributed by atoms with Gasteiger partial charge in [-0.05, 0) is 37.3 Å². The Morgan fingerprint density at radius 2 is 2.04 bits per heavy atom. The van der Waals surface area contributed by atoms with Gasteiger partial charge in [-0.2, -0.15) is 10.4 Å². The highest BCUT2D eigenvalue weighted by Crippen LogP contribution is 2.18. The summed E-state index contributed by atoms with van der Waals surface area (Å²) in [6, 6.07) is 12.3. The van der Waals surface area contributed by atoms with E-state index in [-0.39, 0.29) is 12.0 Å². The van der Waals surface area contributed by atoms with Crippen LogP contribution in [0, 0.1) is 18.3 Å². The molecule has 6 nitrogen and oxygen atoms in total. The number of carbonyl (C=O) groups excluding carboxylic acids is 1. The first kappa shape index (κ1) is 15.0. The highest BCUT2D eigenvalue weighted by Gasteiger charge is 2.28. The topological polar surface area (TPSA) is 79.1 Å². The van der Waals surface area contributed by atoms with Crippen molar-refractivity contribution in [2.45, 2.75) is 19.4 Å². The summed E-state index contributed by atoms with van der Waals surface area (Å²) in [6.07, 6.45) is 0.687. The first-order chi connectivity index (χ1) is 11.2. The molecule has 3 rings (SSSR count). The Morgan fingerprint density at radius 3 is 2.70 bits per heavy atom. The zero-order valence-corrected chi connectivity index (χ0v) is 12.8. The van der Waals surface area contributed by atoms with E-state index in [1.165, 1.54) is 0 Å². The molecule has 1 fully saturated rings. The van der Waals surface area contributed by atoms with Gasteiger partial charge in [0.2, 0.25) is 5.88 Å². The Kier molecular flexibility index (Phi) is 4.20. The van der Waals surface area contributed by atoms with Crippen LogP contribution in [0.4, 0.5) is 0 Å². The van der Waals surface area contributed by atoms with E-state index in [0.717, 1.165) is 12.1 Å². The fraction of sp³-hybridized carbons (Fsp3) is 0.294. The fourth-order valence-corrected chi connectivity index (χ4v) is 2.50. The number of amides is 1. The minimum absolute atomic E-state index is 0.0458. The summed E-state index contributed by atoms with van der Waals surface area (Å²) >= 11 is 0. The molecule has 0 aliphatic carbocycles. The van der Waals surface area contributed by atoms with Crippen molar-refractivity contribution in [3.05, 3.63) is 53.2 Å². The summed E-state index contributed by atoms with van der Waals surface area (Å²) in [7, 11) is 0. The van der Waals surface area contributed by atoms with Crippen LogP contribution in [-0.2, 0) is 0 Å². The summed E-state index contributed by atoms with van der Waals surface area (Å²) in [4.78, 5) is 14.2. The maximum Gasteiger partial charge on any atom is 0.253 e. The molecule has 23 heavy (non-hydrogen) atoms. The van der Waals surface area contributed by atoms with Gasteiger partial charge in [0.15, 0.2) is 0 Å². The molecule has 1 aromatic carbocycles. The lowest BCUT2D eigenvalue weighted by atomic mass is 10.1. The van der Waals surface area contributed by atoms with E-state index in [1.807, 2.05) is 19.1 Å². The minimum Gasteiger partial charge on any atom is -0.471 e. The quantitative estimate of drug-likeness (QED) is 0.866. The van der Waals surface area contributed by atoms with Gasteiger partial charge in [0.25, 0.3) is 5.91 Å². The molecule has 0 radical (unpaired) electrons. The molecule has 2 heterocycles. The van der Waals surface area contributed by atoms with E-state index in [2.05, 4.69) is 10.2 Å². The average molecular weight is 308 g/mol. The Hall–Kier alpha value is -2.94. The third kappa shape index (κ3) is 3.46. The maximum absolute atomic E-state index is 12.4. The Bertz CT molecular complexity index is 735. The van der Waals surface area contributed by atoms with Gasteiger partial charge in [0.05, 0.1) is 23.9 Å². The number of hydrogen-bond donors (Lipinski definition) is 0. The van der Waals surface area contributed by atoms with Crippen LogP contribution in [0.5, 0.6) is 5.88 Å². The first-order valence-corrected chi connectivity index (χ1v) is 7.42. The molecule has 1 aliphatic rings. The van der Waals surface area contributed by atoms with E-state index in [4.69, 9.17) is 10.00 Å². The summed E-state index contributed by atoms with van der Waals surface area (Å²) in [5.41, 5.74) is 1.96. The van der Waals surface area contributed by atoms with Crippen molar-refractivity contribution in [3.63, 3.8) is 0 Å². The zero-order valence-electron chi connectivity index (χ0n) is 12.8. The third-order valence-corrected chi connectivity index (χ3v) is 3.75. The van der Waals surface area contributed by atoms with Crippen molar-refractivity contribution in [1.82, 2.24) is 15.1 Å². The Morgan fingerprint density at radius 1 is 1.26 bits per heavy atom. The van der Waals surface area contributed by atoms with Gasteiger partial charge in [-0.1, -0.05) is 0 Å². The Balaban J connectivity index is 1.61. The number of hydrogen-bond acceptors (Lipinski definition) is 5. The largest absolute Gasteiger partial charge is 0.471 e. The van der Waals surface area contributed by atoms with Crippen LogP contribution in [0.3, 0.4) is 0 Å². The predicted octanol–water partition coefficient (Wildman–Crippen LogP) is 1.95. The summed E-state index contributed by atoms with van der Waals surface area (Å²) < 4.78 is 5.77. The van der Waals surface area contributed by atoms with Crippen molar-refractivity contribution in [3.8, 4) is 11.9 Å². The molecular weight excluding hydrogens is 292 g/mol. The average Bonchev–Trinajstić information content (AvgIpc) is 3.05. The van der Waals surface area contributed by atoms with E-state index >= 15 is 0 Å². The molecule has 1 atom stereocenters. The second-order valence-electron chi connectivity index (χ2n) is 5.48. The number of benzene rings is 1. The van der Waals surface area contributed by atoms with Crippen LogP contribution < -0.4 is 4.74 Å². The van der Waals surface area contributed by atoms with Gasteiger partial charge in [-0.25, -0.2) is 0 Å². The fourth-order valence-electron chi connectivity index (χ4n) is 2.50. The lowest BCUT2D eigenvalue weighted by molar-refractivity contribution is 0.0771. The lowest BCUT2D eigenvalue weighted by Crippen LogP contribution is -2.31. The van der Waals surface area contributed by atoms with Crippen molar-refractivity contribution in [2.75, 3.05) is 13.1 Å². The second-order valence-corrected chi connectivity index (χ2v) is 5.48. The lowest BCUT2D eigenvalue weighted by Gasteiger charge is -2.17. The maximum atomic E-state index is 12.4. The van der Waals surface area contributed by atoms with Gasteiger partial charge < -0.3 is 9.64 Å². The van der Waals surface area contributed by atoms with Crippen LogP contribution in [0.15, 0.2) is 36.4 Å². The van der Waals surface area contributed by atoms with Crippen molar-refractivity contribution in [1.29, 1.82) is 5.26 Å². The van der Waals surface area contributed by atoms with Crippen LogP contribution in [0.25, 0.3) is 0 Å². The van der Waals surface area contributed by atoms with Crippen LogP contribution in [-0.4, -0.2) is 40.2 Å². The normalized spacial score (nSPS) is 16.9. The number of carbonyl (C=O) groups is 1. The SMILES string of the molecule is Cc1ccc(OC2CCN(C(=O)c3ccc(C#N)cc3)C2)nn1. The van der Waals surface area contributed by atoms with Crippen LogP contribution >= 0.6 is 0 Å². The number of likely N-dealkylation sites (tertiary alicyclic amines) is 1. The number of aryl methyl sites for hydroxylation is 1. The number of nitrogens with zero attached hydrogens (tertiary/aromatic N) is 4.